The Morgan fingerprint density at radius 3 is 2.05 bits per heavy atom. The molecule has 0 unspecified atom stereocenters. The topological polar surface area (TPSA) is 37.3 Å². The molecule has 0 fully saturated rings. The Morgan fingerprint density at radius 1 is 0.895 bits per heavy atom. The van der Waals surface area contributed by atoms with Crippen molar-refractivity contribution in [3.8, 4) is 0 Å². The quantitative estimate of drug-likeness (QED) is 0.279. The van der Waals surface area contributed by atoms with Gasteiger partial charge in [-0.05, 0) is 39.5 Å². The van der Waals surface area contributed by atoms with E-state index in [0.717, 1.165) is 25.7 Å². The van der Waals surface area contributed by atoms with Crippen LogP contribution in [-0.4, -0.2) is 11.1 Å². The highest BCUT2D eigenvalue weighted by molar-refractivity contribution is 5.86. The Morgan fingerprint density at radius 2 is 1.47 bits per heavy atom. The Bertz CT molecular complexity index is 382. The molecule has 0 aromatic carbocycles. The van der Waals surface area contributed by atoms with Crippen LogP contribution in [0.2, 0.25) is 0 Å². The molecule has 0 aromatic rings. The lowest BCUT2D eigenvalue weighted by Crippen LogP contribution is -1.94. The van der Waals surface area contributed by atoms with Crippen LogP contribution in [-0.2, 0) is 4.79 Å². The predicted octanol–water partition coefficient (Wildman–Crippen LogP) is 4.82. The van der Waals surface area contributed by atoms with Crippen LogP contribution in [0.1, 0.15) is 39.5 Å². The van der Waals surface area contributed by atoms with Gasteiger partial charge in [-0.1, -0.05) is 54.7 Å². The molecule has 0 rings (SSSR count). The summed E-state index contributed by atoms with van der Waals surface area (Å²) in [6, 6.07) is 0. The van der Waals surface area contributed by atoms with Gasteiger partial charge in [-0.2, -0.15) is 0 Å². The lowest BCUT2D eigenvalue weighted by Gasteiger charge is -1.88. The van der Waals surface area contributed by atoms with Crippen molar-refractivity contribution < 1.29 is 9.90 Å². The fourth-order valence-corrected chi connectivity index (χ4v) is 1.30. The van der Waals surface area contributed by atoms with E-state index in [1.807, 2.05) is 19.1 Å². The number of hydrogen-bond donors (Lipinski definition) is 1. The second kappa shape index (κ2) is 12.6. The highest BCUT2D eigenvalue weighted by Gasteiger charge is 1.94. The van der Waals surface area contributed by atoms with Crippen molar-refractivity contribution >= 4 is 5.97 Å². The number of allylic oxidation sites excluding steroid dienone is 9. The molecule has 0 saturated heterocycles. The standard InChI is InChI=1S/C17H24O2/c1-3-4-5-6-7-8-9-10-11-12-13-14-15-16(2)17(18)19/h3-4,7-8,11-15H,5-6,9-10H2,1-2H3,(H,18,19). The first-order chi connectivity index (χ1) is 9.18. The molecule has 1 N–H and O–H groups in total. The summed E-state index contributed by atoms with van der Waals surface area (Å²) in [6.45, 7) is 3.62. The summed E-state index contributed by atoms with van der Waals surface area (Å²) in [7, 11) is 0. The Kier molecular flexibility index (Phi) is 11.4. The molecule has 0 aliphatic carbocycles. The summed E-state index contributed by atoms with van der Waals surface area (Å²) in [6.07, 6.45) is 22.1. The number of rotatable bonds is 9. The molecule has 0 spiro atoms. The number of carbonyl (C=O) groups is 1. The minimum absolute atomic E-state index is 0.341. The van der Waals surface area contributed by atoms with Crippen LogP contribution in [0.4, 0.5) is 0 Å². The zero-order valence-electron chi connectivity index (χ0n) is 11.9. The SMILES string of the molecule is CC=CCCC=CCCC=CC=CC=C(C)C(=O)O. The van der Waals surface area contributed by atoms with E-state index in [9.17, 15) is 4.79 Å². The molecule has 0 radical (unpaired) electrons. The molecule has 0 amide bonds. The van der Waals surface area contributed by atoms with Crippen molar-refractivity contribution in [2.45, 2.75) is 39.5 Å². The second-order valence-corrected chi connectivity index (χ2v) is 4.16. The van der Waals surface area contributed by atoms with Gasteiger partial charge in [0.2, 0.25) is 0 Å². The van der Waals surface area contributed by atoms with E-state index in [4.69, 9.17) is 5.11 Å². The summed E-state index contributed by atoms with van der Waals surface area (Å²) in [4.78, 5) is 10.5. The average Bonchev–Trinajstić information content (AvgIpc) is 2.39. The van der Waals surface area contributed by atoms with Crippen LogP contribution in [0.5, 0.6) is 0 Å². The highest BCUT2D eigenvalue weighted by Crippen LogP contribution is 1.98. The third-order valence-corrected chi connectivity index (χ3v) is 2.44. The summed E-state index contributed by atoms with van der Waals surface area (Å²) < 4.78 is 0. The van der Waals surface area contributed by atoms with Gasteiger partial charge in [0, 0.05) is 5.57 Å². The monoisotopic (exact) mass is 260 g/mol. The molecule has 0 aliphatic heterocycles. The zero-order valence-corrected chi connectivity index (χ0v) is 11.9. The Balaban J connectivity index is 3.67. The van der Waals surface area contributed by atoms with Crippen LogP contribution in [0.25, 0.3) is 0 Å². The summed E-state index contributed by atoms with van der Waals surface area (Å²) in [5.74, 6) is -0.878. The maximum atomic E-state index is 10.5. The first-order valence-corrected chi connectivity index (χ1v) is 6.68. The van der Waals surface area contributed by atoms with Crippen LogP contribution >= 0.6 is 0 Å². The number of hydrogen-bond acceptors (Lipinski definition) is 1. The third kappa shape index (κ3) is 12.4. The Labute approximate surface area is 116 Å². The molecule has 0 aliphatic rings. The van der Waals surface area contributed by atoms with Crippen molar-refractivity contribution in [2.75, 3.05) is 0 Å². The molecular formula is C17H24O2. The highest BCUT2D eigenvalue weighted by atomic mass is 16.4. The molecule has 2 heteroatoms. The van der Waals surface area contributed by atoms with Gasteiger partial charge < -0.3 is 5.11 Å². The lowest BCUT2D eigenvalue weighted by atomic mass is 10.2. The van der Waals surface area contributed by atoms with Crippen molar-refractivity contribution in [1.29, 1.82) is 0 Å². The van der Waals surface area contributed by atoms with E-state index in [1.54, 1.807) is 19.1 Å². The van der Waals surface area contributed by atoms with Gasteiger partial charge in [0.25, 0.3) is 0 Å². The average molecular weight is 260 g/mol. The fraction of sp³-hybridized carbons (Fsp3) is 0.353. The summed E-state index contributed by atoms with van der Waals surface area (Å²) >= 11 is 0. The fourth-order valence-electron chi connectivity index (χ4n) is 1.30. The van der Waals surface area contributed by atoms with E-state index in [-0.39, 0.29) is 0 Å². The molecule has 104 valence electrons. The van der Waals surface area contributed by atoms with Crippen molar-refractivity contribution in [3.63, 3.8) is 0 Å². The van der Waals surface area contributed by atoms with Crippen LogP contribution in [0.15, 0.2) is 60.3 Å². The van der Waals surface area contributed by atoms with Crippen LogP contribution < -0.4 is 0 Å². The minimum atomic E-state index is -0.878. The minimum Gasteiger partial charge on any atom is -0.478 e. The van der Waals surface area contributed by atoms with Gasteiger partial charge in [0.15, 0.2) is 0 Å². The van der Waals surface area contributed by atoms with Crippen LogP contribution in [0, 0.1) is 0 Å². The second-order valence-electron chi connectivity index (χ2n) is 4.16. The van der Waals surface area contributed by atoms with Crippen LogP contribution in [0.3, 0.4) is 0 Å². The van der Waals surface area contributed by atoms with Gasteiger partial charge in [-0.25, -0.2) is 4.79 Å². The number of carboxylic acids is 1. The van der Waals surface area contributed by atoms with E-state index in [1.165, 1.54) is 0 Å². The molecule has 0 heterocycles. The summed E-state index contributed by atoms with van der Waals surface area (Å²) in [5.41, 5.74) is 0.341. The largest absolute Gasteiger partial charge is 0.478 e. The number of carboxylic acid groups (broad SMARTS) is 1. The molecule has 0 atom stereocenters. The van der Waals surface area contributed by atoms with Crippen molar-refractivity contribution in [2.24, 2.45) is 0 Å². The maximum absolute atomic E-state index is 10.5. The van der Waals surface area contributed by atoms with E-state index < -0.39 is 5.97 Å². The first-order valence-electron chi connectivity index (χ1n) is 6.68. The lowest BCUT2D eigenvalue weighted by molar-refractivity contribution is -0.132. The van der Waals surface area contributed by atoms with Gasteiger partial charge in [-0.15, -0.1) is 0 Å². The van der Waals surface area contributed by atoms with Gasteiger partial charge in [0.1, 0.15) is 0 Å². The molecular weight excluding hydrogens is 236 g/mol. The molecule has 0 aromatic heterocycles. The zero-order chi connectivity index (χ0) is 14.3. The van der Waals surface area contributed by atoms with Crippen molar-refractivity contribution in [1.82, 2.24) is 0 Å². The van der Waals surface area contributed by atoms with E-state index in [2.05, 4.69) is 30.4 Å². The molecule has 2 nitrogen and oxygen atoms in total. The molecule has 19 heavy (non-hydrogen) atoms. The smallest absolute Gasteiger partial charge is 0.331 e. The Hall–Kier alpha value is -1.83. The van der Waals surface area contributed by atoms with Gasteiger partial charge >= 0.3 is 5.97 Å². The molecule has 0 bridgehead atoms. The summed E-state index contributed by atoms with van der Waals surface area (Å²) in [5, 5.41) is 8.63. The predicted molar refractivity (Wildman–Crippen MR) is 82.1 cm³/mol. The number of unbranched alkanes of at least 4 members (excludes halogenated alkanes) is 2. The van der Waals surface area contributed by atoms with Gasteiger partial charge in [-0.3, -0.25) is 0 Å². The van der Waals surface area contributed by atoms with E-state index in [0.29, 0.717) is 5.57 Å². The van der Waals surface area contributed by atoms with Crippen molar-refractivity contribution in [3.05, 3.63) is 60.3 Å². The van der Waals surface area contributed by atoms with E-state index >= 15 is 0 Å². The maximum Gasteiger partial charge on any atom is 0.331 e. The first kappa shape index (κ1) is 17.2. The third-order valence-electron chi connectivity index (χ3n) is 2.44. The molecule has 0 saturated carbocycles. The normalized spacial score (nSPS) is 13.5. The number of aliphatic carboxylic acids is 1. The van der Waals surface area contributed by atoms with Gasteiger partial charge in [0.05, 0.1) is 0 Å².